The maximum atomic E-state index is 12.2. The van der Waals surface area contributed by atoms with E-state index in [9.17, 15) is 8.42 Å². The zero-order valence-electron chi connectivity index (χ0n) is 9.83. The van der Waals surface area contributed by atoms with Crippen LogP contribution in [-0.2, 0) is 10.0 Å². The van der Waals surface area contributed by atoms with Crippen LogP contribution in [0.5, 0.6) is 0 Å². The lowest BCUT2D eigenvalue weighted by Gasteiger charge is -2.19. The first-order valence-electron chi connectivity index (χ1n) is 5.12. The maximum absolute atomic E-state index is 12.2. The van der Waals surface area contributed by atoms with Crippen LogP contribution in [0.3, 0.4) is 0 Å². The monoisotopic (exact) mass is 403 g/mol. The van der Waals surface area contributed by atoms with Crippen LogP contribution in [0.25, 0.3) is 0 Å². The SMILES string of the molecule is Cc1sc(Br)cc1S(=O)(=O)NC(CBr)C(C)C. The third kappa shape index (κ3) is 4.02. The van der Waals surface area contributed by atoms with Crippen LogP contribution >= 0.6 is 43.2 Å². The predicted octanol–water partition coefficient (Wildman–Crippen LogP) is 3.52. The minimum Gasteiger partial charge on any atom is -0.207 e. The second kappa shape index (κ2) is 6.14. The van der Waals surface area contributed by atoms with Gasteiger partial charge in [0.05, 0.1) is 8.68 Å². The van der Waals surface area contributed by atoms with Crippen LogP contribution in [-0.4, -0.2) is 19.8 Å². The molecular weight excluding hydrogens is 390 g/mol. The van der Waals surface area contributed by atoms with Crippen molar-refractivity contribution in [2.45, 2.75) is 31.7 Å². The van der Waals surface area contributed by atoms with Gasteiger partial charge >= 0.3 is 0 Å². The lowest BCUT2D eigenvalue weighted by atomic mass is 10.1. The van der Waals surface area contributed by atoms with Gasteiger partial charge in [-0.25, -0.2) is 13.1 Å². The lowest BCUT2D eigenvalue weighted by molar-refractivity contribution is 0.484. The molecule has 1 aromatic heterocycles. The van der Waals surface area contributed by atoms with E-state index >= 15 is 0 Å². The number of nitrogens with one attached hydrogen (secondary N) is 1. The third-order valence-electron chi connectivity index (χ3n) is 2.41. The van der Waals surface area contributed by atoms with Crippen molar-refractivity contribution in [3.05, 3.63) is 14.7 Å². The summed E-state index contributed by atoms with van der Waals surface area (Å²) < 4.78 is 27.9. The van der Waals surface area contributed by atoms with Crippen molar-refractivity contribution in [3.8, 4) is 0 Å². The molecule has 1 aromatic rings. The summed E-state index contributed by atoms with van der Waals surface area (Å²) in [6, 6.07) is 1.55. The fraction of sp³-hybridized carbons (Fsp3) is 0.600. The van der Waals surface area contributed by atoms with Gasteiger partial charge in [-0.2, -0.15) is 0 Å². The minimum absolute atomic E-state index is 0.0990. The van der Waals surface area contributed by atoms with Gasteiger partial charge in [0.25, 0.3) is 0 Å². The summed E-state index contributed by atoms with van der Waals surface area (Å²) in [6.07, 6.45) is 0. The first-order valence-corrected chi connectivity index (χ1v) is 9.33. The Morgan fingerprint density at radius 2 is 2.06 bits per heavy atom. The highest BCUT2D eigenvalue weighted by Gasteiger charge is 2.24. The highest BCUT2D eigenvalue weighted by molar-refractivity contribution is 9.11. The van der Waals surface area contributed by atoms with Crippen LogP contribution in [0.1, 0.15) is 18.7 Å². The number of halogens is 2. The summed E-state index contributed by atoms with van der Waals surface area (Å²) in [5.41, 5.74) is 0. The molecule has 0 amide bonds. The van der Waals surface area contributed by atoms with E-state index in [0.717, 1.165) is 8.66 Å². The molecule has 1 heterocycles. The van der Waals surface area contributed by atoms with E-state index in [0.29, 0.717) is 10.2 Å². The van der Waals surface area contributed by atoms with E-state index in [-0.39, 0.29) is 12.0 Å². The quantitative estimate of drug-likeness (QED) is 0.763. The molecule has 7 heteroatoms. The van der Waals surface area contributed by atoms with Gasteiger partial charge in [0.1, 0.15) is 0 Å². The van der Waals surface area contributed by atoms with Crippen molar-refractivity contribution in [2.24, 2.45) is 5.92 Å². The van der Waals surface area contributed by atoms with Gasteiger partial charge in [0.2, 0.25) is 10.0 Å². The zero-order chi connectivity index (χ0) is 13.2. The molecule has 1 rings (SSSR count). The molecule has 3 nitrogen and oxygen atoms in total. The average Bonchev–Trinajstić information content (AvgIpc) is 2.54. The van der Waals surface area contributed by atoms with E-state index in [2.05, 4.69) is 36.6 Å². The van der Waals surface area contributed by atoms with E-state index < -0.39 is 10.0 Å². The molecule has 0 radical (unpaired) electrons. The van der Waals surface area contributed by atoms with E-state index in [1.807, 2.05) is 20.8 Å². The fourth-order valence-electron chi connectivity index (χ4n) is 1.31. The summed E-state index contributed by atoms with van der Waals surface area (Å²) >= 11 is 8.06. The molecule has 0 fully saturated rings. The Morgan fingerprint density at radius 1 is 1.47 bits per heavy atom. The number of alkyl halides is 1. The van der Waals surface area contributed by atoms with Gasteiger partial charge in [0.15, 0.2) is 0 Å². The highest BCUT2D eigenvalue weighted by atomic mass is 79.9. The molecule has 1 atom stereocenters. The highest BCUT2D eigenvalue weighted by Crippen LogP contribution is 2.29. The standard InChI is InChI=1S/C10H15Br2NO2S2/c1-6(2)8(5-11)13-17(14,15)9-4-10(12)16-7(9)3/h4,6,8,13H,5H2,1-3H3. The van der Waals surface area contributed by atoms with E-state index in [1.165, 1.54) is 11.3 Å². The lowest BCUT2D eigenvalue weighted by Crippen LogP contribution is -2.39. The molecule has 0 saturated heterocycles. The van der Waals surface area contributed by atoms with Gasteiger partial charge in [-0.05, 0) is 34.8 Å². The Hall–Kier alpha value is 0.570. The molecule has 0 saturated carbocycles. The van der Waals surface area contributed by atoms with Gasteiger partial charge in [0, 0.05) is 16.2 Å². The number of aryl methyl sites for hydroxylation is 1. The van der Waals surface area contributed by atoms with Crippen LogP contribution in [0.4, 0.5) is 0 Å². The first-order chi connectivity index (χ1) is 7.77. The number of hydrogen-bond donors (Lipinski definition) is 1. The molecule has 0 aliphatic rings. The molecule has 1 unspecified atom stereocenters. The molecule has 0 aliphatic carbocycles. The second-order valence-corrected chi connectivity index (χ2v) is 9.06. The predicted molar refractivity (Wildman–Crippen MR) is 79.5 cm³/mol. The van der Waals surface area contributed by atoms with Gasteiger partial charge in [-0.1, -0.05) is 29.8 Å². The van der Waals surface area contributed by atoms with Crippen LogP contribution in [0.15, 0.2) is 14.7 Å². The van der Waals surface area contributed by atoms with E-state index in [1.54, 1.807) is 6.07 Å². The first kappa shape index (κ1) is 15.6. The normalized spacial score (nSPS) is 14.2. The second-order valence-electron chi connectivity index (χ2n) is 4.10. The van der Waals surface area contributed by atoms with Crippen molar-refractivity contribution < 1.29 is 8.42 Å². The summed E-state index contributed by atoms with van der Waals surface area (Å²) in [4.78, 5) is 1.16. The molecule has 0 aliphatic heterocycles. The molecule has 17 heavy (non-hydrogen) atoms. The van der Waals surface area contributed by atoms with Crippen LogP contribution in [0, 0.1) is 12.8 Å². The molecule has 0 aromatic carbocycles. The Bertz CT molecular complexity index is 482. The van der Waals surface area contributed by atoms with Gasteiger partial charge < -0.3 is 0 Å². The fourth-order valence-corrected chi connectivity index (χ4v) is 6.23. The summed E-state index contributed by atoms with van der Waals surface area (Å²) in [7, 11) is -3.43. The Balaban J connectivity index is 3.00. The summed E-state index contributed by atoms with van der Waals surface area (Å²) in [6.45, 7) is 5.79. The Morgan fingerprint density at radius 3 is 2.41 bits per heavy atom. The van der Waals surface area contributed by atoms with Crippen molar-refractivity contribution in [3.63, 3.8) is 0 Å². The van der Waals surface area contributed by atoms with Crippen molar-refractivity contribution >= 4 is 53.2 Å². The zero-order valence-corrected chi connectivity index (χ0v) is 14.6. The average molecular weight is 405 g/mol. The molecule has 0 bridgehead atoms. The smallest absolute Gasteiger partial charge is 0.207 e. The number of thiophene rings is 1. The molecular formula is C10H15Br2NO2S2. The van der Waals surface area contributed by atoms with Crippen LogP contribution < -0.4 is 4.72 Å². The molecule has 98 valence electrons. The molecule has 0 spiro atoms. The van der Waals surface area contributed by atoms with Crippen molar-refractivity contribution in [1.29, 1.82) is 0 Å². The Kier molecular flexibility index (Phi) is 5.65. The summed E-state index contributed by atoms with van der Waals surface area (Å²) in [5.74, 6) is 0.242. The van der Waals surface area contributed by atoms with Gasteiger partial charge in [-0.15, -0.1) is 11.3 Å². The van der Waals surface area contributed by atoms with Crippen molar-refractivity contribution in [1.82, 2.24) is 4.72 Å². The minimum atomic E-state index is -3.43. The van der Waals surface area contributed by atoms with Gasteiger partial charge in [-0.3, -0.25) is 0 Å². The Labute approximate surface area is 123 Å². The topological polar surface area (TPSA) is 46.2 Å². The summed E-state index contributed by atoms with van der Waals surface area (Å²) in [5, 5.41) is 0.605. The van der Waals surface area contributed by atoms with Crippen LogP contribution in [0.2, 0.25) is 0 Å². The number of sulfonamides is 1. The number of rotatable bonds is 5. The number of hydrogen-bond acceptors (Lipinski definition) is 3. The van der Waals surface area contributed by atoms with E-state index in [4.69, 9.17) is 0 Å². The third-order valence-corrected chi connectivity index (χ3v) is 6.41. The maximum Gasteiger partial charge on any atom is 0.241 e. The molecule has 1 N–H and O–H groups in total. The largest absolute Gasteiger partial charge is 0.241 e. The van der Waals surface area contributed by atoms with Crippen molar-refractivity contribution in [2.75, 3.05) is 5.33 Å².